The molecule has 0 aliphatic carbocycles. The summed E-state index contributed by atoms with van der Waals surface area (Å²) in [7, 11) is -0.0854. The quantitative estimate of drug-likeness (QED) is 0.736. The maximum absolute atomic E-state index is 12.8. The zero-order valence-corrected chi connectivity index (χ0v) is 9.05. The number of hydrogen-bond donors (Lipinski definition) is 0. The molecule has 0 bridgehead atoms. The number of hydrogen-bond acceptors (Lipinski definition) is 3. The zero-order chi connectivity index (χ0) is 11.3. The van der Waals surface area contributed by atoms with Crippen LogP contribution in [0, 0.1) is 5.82 Å². The van der Waals surface area contributed by atoms with Gasteiger partial charge < -0.3 is 4.74 Å². The predicted octanol–water partition coefficient (Wildman–Crippen LogP) is 1.50. The van der Waals surface area contributed by atoms with E-state index in [4.69, 9.17) is 0 Å². The van der Waals surface area contributed by atoms with Crippen LogP contribution >= 0.6 is 0 Å². The number of rotatable bonds is 4. The van der Waals surface area contributed by atoms with Crippen LogP contribution in [0.1, 0.15) is 6.42 Å². The van der Waals surface area contributed by atoms with E-state index in [0.717, 1.165) is 0 Å². The molecule has 0 saturated heterocycles. The first-order valence-electron chi connectivity index (χ1n) is 4.34. The van der Waals surface area contributed by atoms with Crippen molar-refractivity contribution in [1.29, 1.82) is 0 Å². The van der Waals surface area contributed by atoms with Gasteiger partial charge in [-0.1, -0.05) is 6.07 Å². The molecule has 1 atom stereocenters. The number of halogens is 1. The third-order valence-electron chi connectivity index (χ3n) is 1.78. The lowest BCUT2D eigenvalue weighted by molar-refractivity contribution is -0.140. The highest BCUT2D eigenvalue weighted by Gasteiger charge is 2.08. The normalized spacial score (nSPS) is 12.1. The van der Waals surface area contributed by atoms with Gasteiger partial charge in [0.15, 0.2) is 0 Å². The molecule has 0 N–H and O–H groups in total. The highest BCUT2D eigenvalue weighted by molar-refractivity contribution is 7.85. The van der Waals surface area contributed by atoms with Crippen molar-refractivity contribution in [1.82, 2.24) is 0 Å². The summed E-state index contributed by atoms with van der Waals surface area (Å²) in [6.07, 6.45) is 0.0691. The molecule has 1 unspecified atom stereocenters. The molecule has 5 heteroatoms. The molecule has 82 valence electrons. The Hall–Kier alpha value is -1.23. The molecular weight excluding hydrogens is 219 g/mol. The van der Waals surface area contributed by atoms with Gasteiger partial charge in [0.25, 0.3) is 0 Å². The Morgan fingerprint density at radius 1 is 1.53 bits per heavy atom. The van der Waals surface area contributed by atoms with Gasteiger partial charge in [-0.3, -0.25) is 9.00 Å². The molecular formula is C10H11FO3S. The van der Waals surface area contributed by atoms with Crippen molar-refractivity contribution in [2.75, 3.05) is 12.9 Å². The van der Waals surface area contributed by atoms with Gasteiger partial charge in [-0.05, 0) is 18.2 Å². The second-order valence-electron chi connectivity index (χ2n) is 2.83. The number of ether oxygens (including phenoxy) is 1. The molecule has 0 aliphatic rings. The van der Waals surface area contributed by atoms with Gasteiger partial charge in [0.05, 0.1) is 24.3 Å². The Labute approximate surface area is 89.7 Å². The number of carbonyl (C=O) groups excluding carboxylic acids is 1. The zero-order valence-electron chi connectivity index (χ0n) is 8.23. The van der Waals surface area contributed by atoms with Gasteiger partial charge in [0.2, 0.25) is 0 Å². The lowest BCUT2D eigenvalue weighted by Gasteiger charge is -2.01. The van der Waals surface area contributed by atoms with Gasteiger partial charge in [0.1, 0.15) is 5.82 Å². The Bertz CT molecular complexity index is 379. The summed E-state index contributed by atoms with van der Waals surface area (Å²) in [5.74, 6) is -0.700. The number of methoxy groups -OCH3 is 1. The summed E-state index contributed by atoms with van der Waals surface area (Å²) < 4.78 is 28.7. The van der Waals surface area contributed by atoms with Crippen LogP contribution in [0.2, 0.25) is 0 Å². The van der Waals surface area contributed by atoms with Gasteiger partial charge >= 0.3 is 5.97 Å². The van der Waals surface area contributed by atoms with Gasteiger partial charge in [-0.2, -0.15) is 0 Å². The molecule has 0 aromatic heterocycles. The first kappa shape index (κ1) is 11.8. The van der Waals surface area contributed by atoms with Gasteiger partial charge in [-0.15, -0.1) is 0 Å². The molecule has 1 aromatic carbocycles. The maximum atomic E-state index is 12.8. The SMILES string of the molecule is COC(=O)CCS(=O)c1cccc(F)c1. The molecule has 1 rings (SSSR count). The molecule has 0 amide bonds. The highest BCUT2D eigenvalue weighted by atomic mass is 32.2. The minimum Gasteiger partial charge on any atom is -0.469 e. The van der Waals surface area contributed by atoms with E-state index < -0.39 is 22.6 Å². The Morgan fingerprint density at radius 2 is 2.27 bits per heavy atom. The molecule has 0 fully saturated rings. The van der Waals surface area contributed by atoms with Crippen LogP contribution in [0.4, 0.5) is 4.39 Å². The topological polar surface area (TPSA) is 43.4 Å². The van der Waals surface area contributed by atoms with E-state index in [0.29, 0.717) is 4.90 Å². The first-order chi connectivity index (χ1) is 7.13. The van der Waals surface area contributed by atoms with Crippen LogP contribution < -0.4 is 0 Å². The lowest BCUT2D eigenvalue weighted by Crippen LogP contribution is -2.07. The van der Waals surface area contributed by atoms with E-state index >= 15 is 0 Å². The molecule has 0 radical (unpaired) electrons. The van der Waals surface area contributed by atoms with Crippen molar-refractivity contribution in [3.63, 3.8) is 0 Å². The fourth-order valence-electron chi connectivity index (χ4n) is 1.00. The van der Waals surface area contributed by atoms with Gasteiger partial charge in [-0.25, -0.2) is 4.39 Å². The highest BCUT2D eigenvalue weighted by Crippen LogP contribution is 2.09. The third kappa shape index (κ3) is 3.79. The summed E-state index contributed by atoms with van der Waals surface area (Å²) in [5.41, 5.74) is 0. The molecule has 1 aromatic rings. The summed E-state index contributed by atoms with van der Waals surface area (Å²) in [5, 5.41) is 0. The molecule has 0 aliphatic heterocycles. The Kier molecular flexibility index (Phi) is 4.42. The van der Waals surface area contributed by atoms with Crippen molar-refractivity contribution in [2.45, 2.75) is 11.3 Å². The Balaban J connectivity index is 2.58. The second-order valence-corrected chi connectivity index (χ2v) is 4.40. The number of carbonyl (C=O) groups is 1. The van der Waals surface area contributed by atoms with E-state index in [1.165, 1.54) is 25.3 Å². The summed E-state index contributed by atoms with van der Waals surface area (Å²) in [4.78, 5) is 11.2. The average molecular weight is 230 g/mol. The molecule has 0 spiro atoms. The van der Waals surface area contributed by atoms with E-state index in [2.05, 4.69) is 4.74 Å². The van der Waals surface area contributed by atoms with E-state index in [1.54, 1.807) is 6.07 Å². The van der Waals surface area contributed by atoms with Crippen molar-refractivity contribution in [3.8, 4) is 0 Å². The lowest BCUT2D eigenvalue weighted by atomic mass is 10.4. The molecule has 3 nitrogen and oxygen atoms in total. The van der Waals surface area contributed by atoms with Crippen LogP contribution in [0.3, 0.4) is 0 Å². The monoisotopic (exact) mass is 230 g/mol. The standard InChI is InChI=1S/C10H11FO3S/c1-14-10(12)5-6-15(13)9-4-2-3-8(11)7-9/h2-4,7H,5-6H2,1H3. The largest absolute Gasteiger partial charge is 0.469 e. The van der Waals surface area contributed by atoms with Crippen LogP contribution in [0.5, 0.6) is 0 Å². The van der Waals surface area contributed by atoms with Crippen molar-refractivity contribution in [3.05, 3.63) is 30.1 Å². The van der Waals surface area contributed by atoms with Gasteiger partial charge in [0, 0.05) is 10.6 Å². The smallest absolute Gasteiger partial charge is 0.306 e. The summed E-state index contributed by atoms with van der Waals surface area (Å²) in [6, 6.07) is 5.53. The van der Waals surface area contributed by atoms with Crippen molar-refractivity contribution in [2.24, 2.45) is 0 Å². The number of esters is 1. The minimum absolute atomic E-state index is 0.0691. The molecule has 15 heavy (non-hydrogen) atoms. The number of benzene rings is 1. The van der Waals surface area contributed by atoms with Crippen LogP contribution in [-0.2, 0) is 20.3 Å². The van der Waals surface area contributed by atoms with Crippen molar-refractivity contribution < 1.29 is 18.1 Å². The second kappa shape index (κ2) is 5.60. The van der Waals surface area contributed by atoms with Crippen molar-refractivity contribution >= 4 is 16.8 Å². The maximum Gasteiger partial charge on any atom is 0.306 e. The first-order valence-corrected chi connectivity index (χ1v) is 5.66. The fourth-order valence-corrected chi connectivity index (χ4v) is 2.07. The molecule has 0 heterocycles. The molecule has 0 saturated carbocycles. The van der Waals surface area contributed by atoms with Crippen LogP contribution in [0.15, 0.2) is 29.2 Å². The average Bonchev–Trinajstić information content (AvgIpc) is 2.25. The van der Waals surface area contributed by atoms with E-state index in [1.807, 2.05) is 0 Å². The van der Waals surface area contributed by atoms with E-state index in [9.17, 15) is 13.4 Å². The predicted molar refractivity (Wildman–Crippen MR) is 54.3 cm³/mol. The minimum atomic E-state index is -1.36. The fraction of sp³-hybridized carbons (Fsp3) is 0.300. The van der Waals surface area contributed by atoms with Crippen LogP contribution in [-0.4, -0.2) is 23.0 Å². The summed E-state index contributed by atoms with van der Waals surface area (Å²) >= 11 is 0. The van der Waals surface area contributed by atoms with E-state index in [-0.39, 0.29) is 12.2 Å². The van der Waals surface area contributed by atoms with Crippen LogP contribution in [0.25, 0.3) is 0 Å². The Morgan fingerprint density at radius 3 is 2.87 bits per heavy atom. The summed E-state index contributed by atoms with van der Waals surface area (Å²) in [6.45, 7) is 0. The third-order valence-corrected chi connectivity index (χ3v) is 3.13.